The molecule has 1 rings (SSSR count). The minimum atomic E-state index is -0.891. The monoisotopic (exact) mass is 255 g/mol. The molecule has 0 fully saturated rings. The number of halogens is 1. The SMILES string of the molecule is CCC(=Cc1ccc(Br)cn1)C(=O)O. The Morgan fingerprint density at radius 2 is 2.36 bits per heavy atom. The fourth-order valence-corrected chi connectivity index (χ4v) is 1.20. The molecule has 0 aliphatic heterocycles. The van der Waals surface area contributed by atoms with Crippen molar-refractivity contribution in [3.8, 4) is 0 Å². The largest absolute Gasteiger partial charge is 0.478 e. The Morgan fingerprint density at radius 1 is 1.64 bits per heavy atom. The van der Waals surface area contributed by atoms with Gasteiger partial charge in [0.05, 0.1) is 5.69 Å². The van der Waals surface area contributed by atoms with Crippen molar-refractivity contribution in [2.45, 2.75) is 13.3 Å². The molecule has 0 spiro atoms. The molecular formula is C10H10BrNO2. The molecule has 1 heterocycles. The smallest absolute Gasteiger partial charge is 0.331 e. The highest BCUT2D eigenvalue weighted by Crippen LogP contribution is 2.11. The Labute approximate surface area is 90.6 Å². The van der Waals surface area contributed by atoms with Crippen molar-refractivity contribution in [1.82, 2.24) is 4.98 Å². The number of rotatable bonds is 3. The number of hydrogen-bond donors (Lipinski definition) is 1. The van der Waals surface area contributed by atoms with Gasteiger partial charge < -0.3 is 5.11 Å². The number of carboxylic acid groups (broad SMARTS) is 1. The predicted octanol–water partition coefficient (Wildman–Crippen LogP) is 2.72. The Morgan fingerprint density at radius 3 is 2.79 bits per heavy atom. The lowest BCUT2D eigenvalue weighted by atomic mass is 10.1. The van der Waals surface area contributed by atoms with Crippen LogP contribution in [0.4, 0.5) is 0 Å². The Hall–Kier alpha value is -1.16. The molecule has 3 nitrogen and oxygen atoms in total. The van der Waals surface area contributed by atoms with Crippen molar-refractivity contribution >= 4 is 28.0 Å². The Kier molecular flexibility index (Phi) is 3.83. The van der Waals surface area contributed by atoms with E-state index in [1.165, 1.54) is 0 Å². The maximum Gasteiger partial charge on any atom is 0.331 e. The minimum Gasteiger partial charge on any atom is -0.478 e. The van der Waals surface area contributed by atoms with Gasteiger partial charge in [-0.25, -0.2) is 4.79 Å². The van der Waals surface area contributed by atoms with Crippen molar-refractivity contribution in [3.63, 3.8) is 0 Å². The van der Waals surface area contributed by atoms with Gasteiger partial charge in [-0.2, -0.15) is 0 Å². The van der Waals surface area contributed by atoms with Crippen molar-refractivity contribution < 1.29 is 9.90 Å². The summed E-state index contributed by atoms with van der Waals surface area (Å²) in [5.74, 6) is -0.891. The molecule has 0 saturated heterocycles. The lowest BCUT2D eigenvalue weighted by Gasteiger charge is -1.97. The van der Waals surface area contributed by atoms with Gasteiger partial charge in [0, 0.05) is 16.2 Å². The molecule has 1 aromatic rings. The lowest BCUT2D eigenvalue weighted by molar-refractivity contribution is -0.132. The van der Waals surface area contributed by atoms with E-state index in [1.807, 2.05) is 6.07 Å². The summed E-state index contributed by atoms with van der Waals surface area (Å²) in [7, 11) is 0. The summed E-state index contributed by atoms with van der Waals surface area (Å²) in [5, 5.41) is 8.78. The highest BCUT2D eigenvalue weighted by Gasteiger charge is 2.04. The van der Waals surface area contributed by atoms with Gasteiger partial charge in [-0.05, 0) is 40.6 Å². The third-order valence-corrected chi connectivity index (χ3v) is 2.20. The van der Waals surface area contributed by atoms with E-state index in [0.29, 0.717) is 17.7 Å². The summed E-state index contributed by atoms with van der Waals surface area (Å²) in [4.78, 5) is 14.8. The molecule has 1 N–H and O–H groups in total. The van der Waals surface area contributed by atoms with E-state index in [2.05, 4.69) is 20.9 Å². The van der Waals surface area contributed by atoms with Gasteiger partial charge in [0.1, 0.15) is 0 Å². The first-order valence-electron chi connectivity index (χ1n) is 4.19. The molecule has 14 heavy (non-hydrogen) atoms. The Balaban J connectivity index is 2.95. The number of carboxylic acids is 1. The quantitative estimate of drug-likeness (QED) is 0.846. The highest BCUT2D eigenvalue weighted by molar-refractivity contribution is 9.10. The average Bonchev–Trinajstić information content (AvgIpc) is 2.16. The molecule has 0 radical (unpaired) electrons. The highest BCUT2D eigenvalue weighted by atomic mass is 79.9. The van der Waals surface area contributed by atoms with Crippen LogP contribution in [0, 0.1) is 0 Å². The molecule has 0 saturated carbocycles. The zero-order valence-electron chi connectivity index (χ0n) is 7.70. The number of aliphatic carboxylic acids is 1. The molecule has 0 bridgehead atoms. The van der Waals surface area contributed by atoms with Gasteiger partial charge in [0.2, 0.25) is 0 Å². The normalized spacial score (nSPS) is 11.4. The molecule has 0 aromatic carbocycles. The van der Waals surface area contributed by atoms with Crippen LogP contribution in [0.15, 0.2) is 28.4 Å². The molecule has 74 valence electrons. The fraction of sp³-hybridized carbons (Fsp3) is 0.200. The van der Waals surface area contributed by atoms with E-state index in [-0.39, 0.29) is 0 Å². The third-order valence-electron chi connectivity index (χ3n) is 1.73. The Bertz CT molecular complexity index is 357. The number of carbonyl (C=O) groups is 1. The van der Waals surface area contributed by atoms with Crippen LogP contribution in [0.2, 0.25) is 0 Å². The van der Waals surface area contributed by atoms with E-state index in [0.717, 1.165) is 4.47 Å². The zero-order valence-corrected chi connectivity index (χ0v) is 9.28. The van der Waals surface area contributed by atoms with Gasteiger partial charge in [0.25, 0.3) is 0 Å². The maximum absolute atomic E-state index is 10.7. The number of aromatic nitrogens is 1. The van der Waals surface area contributed by atoms with E-state index in [9.17, 15) is 4.79 Å². The second kappa shape index (κ2) is 4.91. The molecule has 0 aliphatic carbocycles. The summed E-state index contributed by atoms with van der Waals surface area (Å²) in [6.45, 7) is 1.80. The second-order valence-corrected chi connectivity index (χ2v) is 3.65. The first-order chi connectivity index (χ1) is 6.63. The standard InChI is InChI=1S/C10H10BrNO2/c1-2-7(10(13)14)5-9-4-3-8(11)6-12-9/h3-6H,2H2,1H3,(H,13,14). The molecule has 1 aromatic heterocycles. The molecule has 0 amide bonds. The third kappa shape index (κ3) is 2.96. The summed E-state index contributed by atoms with van der Waals surface area (Å²) in [5.41, 5.74) is 1.02. The summed E-state index contributed by atoms with van der Waals surface area (Å²) in [6, 6.07) is 3.59. The molecule has 0 unspecified atom stereocenters. The van der Waals surface area contributed by atoms with Crippen LogP contribution >= 0.6 is 15.9 Å². The van der Waals surface area contributed by atoms with Crippen molar-refractivity contribution in [2.24, 2.45) is 0 Å². The van der Waals surface area contributed by atoms with Crippen LogP contribution < -0.4 is 0 Å². The maximum atomic E-state index is 10.7. The van der Waals surface area contributed by atoms with Crippen LogP contribution in [0.1, 0.15) is 19.0 Å². The molecule has 0 atom stereocenters. The van der Waals surface area contributed by atoms with Crippen LogP contribution in [0.3, 0.4) is 0 Å². The average molecular weight is 256 g/mol. The minimum absolute atomic E-state index is 0.361. The fourth-order valence-electron chi connectivity index (χ4n) is 0.966. The van der Waals surface area contributed by atoms with Crippen LogP contribution in [-0.2, 0) is 4.79 Å². The van der Waals surface area contributed by atoms with Gasteiger partial charge in [0.15, 0.2) is 0 Å². The van der Waals surface area contributed by atoms with Gasteiger partial charge in [-0.1, -0.05) is 6.92 Å². The summed E-state index contributed by atoms with van der Waals surface area (Å²) in [6.07, 6.45) is 3.71. The topological polar surface area (TPSA) is 50.2 Å². The first-order valence-corrected chi connectivity index (χ1v) is 4.98. The molecular weight excluding hydrogens is 246 g/mol. The summed E-state index contributed by atoms with van der Waals surface area (Å²) < 4.78 is 0.878. The second-order valence-electron chi connectivity index (χ2n) is 2.73. The predicted molar refractivity (Wildman–Crippen MR) is 57.8 cm³/mol. The summed E-state index contributed by atoms with van der Waals surface area (Å²) >= 11 is 3.26. The van der Waals surface area contributed by atoms with Gasteiger partial charge in [-0.15, -0.1) is 0 Å². The number of pyridine rings is 1. The first kappa shape index (κ1) is 10.9. The van der Waals surface area contributed by atoms with Crippen molar-refractivity contribution in [2.75, 3.05) is 0 Å². The van der Waals surface area contributed by atoms with Crippen LogP contribution in [0.5, 0.6) is 0 Å². The van der Waals surface area contributed by atoms with E-state index < -0.39 is 5.97 Å². The van der Waals surface area contributed by atoms with E-state index in [4.69, 9.17) is 5.11 Å². The zero-order chi connectivity index (χ0) is 10.6. The van der Waals surface area contributed by atoms with Crippen molar-refractivity contribution in [1.29, 1.82) is 0 Å². The van der Waals surface area contributed by atoms with E-state index >= 15 is 0 Å². The van der Waals surface area contributed by atoms with Crippen LogP contribution in [-0.4, -0.2) is 16.1 Å². The number of nitrogens with zero attached hydrogens (tertiary/aromatic N) is 1. The van der Waals surface area contributed by atoms with E-state index in [1.54, 1.807) is 25.3 Å². The molecule has 4 heteroatoms. The molecule has 0 aliphatic rings. The lowest BCUT2D eigenvalue weighted by Crippen LogP contribution is -1.99. The van der Waals surface area contributed by atoms with Gasteiger partial charge in [-0.3, -0.25) is 4.98 Å². The number of hydrogen-bond acceptors (Lipinski definition) is 2. The van der Waals surface area contributed by atoms with Gasteiger partial charge >= 0.3 is 5.97 Å². The van der Waals surface area contributed by atoms with Crippen molar-refractivity contribution in [3.05, 3.63) is 34.1 Å². The van der Waals surface area contributed by atoms with Crippen LogP contribution in [0.25, 0.3) is 6.08 Å².